The van der Waals surface area contributed by atoms with Crippen molar-refractivity contribution in [3.05, 3.63) is 11.6 Å². The predicted molar refractivity (Wildman–Crippen MR) is 76.0 cm³/mol. The highest BCUT2D eigenvalue weighted by Gasteiger charge is 2.25. The lowest BCUT2D eigenvalue weighted by atomic mass is 9.82. The van der Waals surface area contributed by atoms with Crippen molar-refractivity contribution in [1.29, 1.82) is 0 Å². The smallest absolute Gasteiger partial charge is 0.0217 e. The van der Waals surface area contributed by atoms with Crippen molar-refractivity contribution in [1.82, 2.24) is 4.90 Å². The molecule has 0 saturated carbocycles. The van der Waals surface area contributed by atoms with Gasteiger partial charge >= 0.3 is 0 Å². The molecule has 1 aliphatic rings. The molecule has 100 valence electrons. The Morgan fingerprint density at radius 3 is 2.18 bits per heavy atom. The molecule has 0 aromatic heterocycles. The van der Waals surface area contributed by atoms with Crippen LogP contribution in [0.25, 0.3) is 0 Å². The molecule has 2 heteroatoms. The SMILES string of the molecule is CC(C)(C)C1=CCN(CC(N)C(C)(C)C)CC1. The topological polar surface area (TPSA) is 29.3 Å². The van der Waals surface area contributed by atoms with E-state index in [0.29, 0.717) is 5.41 Å². The van der Waals surface area contributed by atoms with Gasteiger partial charge in [-0.2, -0.15) is 0 Å². The van der Waals surface area contributed by atoms with Crippen molar-refractivity contribution in [3.8, 4) is 0 Å². The summed E-state index contributed by atoms with van der Waals surface area (Å²) in [7, 11) is 0. The van der Waals surface area contributed by atoms with Gasteiger partial charge in [0.05, 0.1) is 0 Å². The summed E-state index contributed by atoms with van der Waals surface area (Å²) in [5.74, 6) is 0. The number of hydrogen-bond acceptors (Lipinski definition) is 2. The first-order valence-electron chi connectivity index (χ1n) is 6.78. The quantitative estimate of drug-likeness (QED) is 0.749. The second-order valence-corrected chi connectivity index (χ2v) is 7.46. The number of nitrogens with zero attached hydrogens (tertiary/aromatic N) is 1. The van der Waals surface area contributed by atoms with E-state index >= 15 is 0 Å². The lowest BCUT2D eigenvalue weighted by Gasteiger charge is -2.36. The van der Waals surface area contributed by atoms with Gasteiger partial charge in [0, 0.05) is 25.7 Å². The Labute approximate surface area is 107 Å². The van der Waals surface area contributed by atoms with E-state index in [1.807, 2.05) is 0 Å². The average Bonchev–Trinajstić information content (AvgIpc) is 2.15. The fourth-order valence-corrected chi connectivity index (χ4v) is 2.11. The number of rotatable bonds is 2. The Bertz CT molecular complexity index is 278. The third kappa shape index (κ3) is 4.44. The molecule has 0 aromatic carbocycles. The molecular formula is C15H30N2. The lowest BCUT2D eigenvalue weighted by molar-refractivity contribution is 0.204. The molecule has 2 N–H and O–H groups in total. The zero-order chi connectivity index (χ0) is 13.3. The molecule has 0 aliphatic carbocycles. The van der Waals surface area contributed by atoms with Gasteiger partial charge in [0.1, 0.15) is 0 Å². The number of nitrogens with two attached hydrogens (primary N) is 1. The molecule has 17 heavy (non-hydrogen) atoms. The zero-order valence-electron chi connectivity index (χ0n) is 12.5. The summed E-state index contributed by atoms with van der Waals surface area (Å²) in [6.45, 7) is 16.8. The molecule has 0 bridgehead atoms. The monoisotopic (exact) mass is 238 g/mol. The molecule has 1 rings (SSSR count). The van der Waals surface area contributed by atoms with Crippen molar-refractivity contribution in [2.24, 2.45) is 16.6 Å². The highest BCUT2D eigenvalue weighted by atomic mass is 15.1. The standard InChI is InChI=1S/C15H30N2/c1-14(2,3)12-7-9-17(10-8-12)11-13(16)15(4,5)6/h7,13H,8-11,16H2,1-6H3. The van der Waals surface area contributed by atoms with Gasteiger partial charge in [0.25, 0.3) is 0 Å². The molecular weight excluding hydrogens is 208 g/mol. The van der Waals surface area contributed by atoms with E-state index in [9.17, 15) is 0 Å². The minimum Gasteiger partial charge on any atom is -0.326 e. The molecule has 2 nitrogen and oxygen atoms in total. The molecule has 0 fully saturated rings. The predicted octanol–water partition coefficient (Wildman–Crippen LogP) is 3.04. The lowest BCUT2D eigenvalue weighted by Crippen LogP contribution is -2.46. The summed E-state index contributed by atoms with van der Waals surface area (Å²) in [5.41, 5.74) is 8.37. The molecule has 0 amide bonds. The van der Waals surface area contributed by atoms with Crippen LogP contribution in [0.2, 0.25) is 0 Å². The maximum Gasteiger partial charge on any atom is 0.0217 e. The molecule has 1 atom stereocenters. The molecule has 0 aromatic rings. The third-order valence-electron chi connectivity index (χ3n) is 3.82. The highest BCUT2D eigenvalue weighted by Crippen LogP contribution is 2.30. The Balaban J connectivity index is 2.51. The largest absolute Gasteiger partial charge is 0.326 e. The van der Waals surface area contributed by atoms with E-state index in [4.69, 9.17) is 5.73 Å². The van der Waals surface area contributed by atoms with Gasteiger partial charge in [-0.3, -0.25) is 4.90 Å². The van der Waals surface area contributed by atoms with Crippen molar-refractivity contribution in [2.75, 3.05) is 19.6 Å². The maximum atomic E-state index is 6.24. The van der Waals surface area contributed by atoms with Crippen LogP contribution in [0.3, 0.4) is 0 Å². The fraction of sp³-hybridized carbons (Fsp3) is 0.867. The van der Waals surface area contributed by atoms with E-state index in [1.165, 1.54) is 6.42 Å². The minimum atomic E-state index is 0.202. The first kappa shape index (κ1) is 14.7. The van der Waals surface area contributed by atoms with Gasteiger partial charge in [-0.25, -0.2) is 0 Å². The summed E-state index contributed by atoms with van der Waals surface area (Å²) >= 11 is 0. The molecule has 0 radical (unpaired) electrons. The molecule has 1 aliphatic heterocycles. The number of hydrogen-bond donors (Lipinski definition) is 1. The second-order valence-electron chi connectivity index (χ2n) is 7.46. The fourth-order valence-electron chi connectivity index (χ4n) is 2.11. The summed E-state index contributed by atoms with van der Waals surface area (Å²) in [6, 6.07) is 0.257. The normalized spacial score (nSPS) is 21.2. The second kappa shape index (κ2) is 5.11. The van der Waals surface area contributed by atoms with Crippen LogP contribution < -0.4 is 5.73 Å². The van der Waals surface area contributed by atoms with E-state index in [0.717, 1.165) is 19.6 Å². The summed E-state index contributed by atoms with van der Waals surface area (Å²) in [5, 5.41) is 0. The van der Waals surface area contributed by atoms with Crippen LogP contribution in [0.15, 0.2) is 11.6 Å². The Hall–Kier alpha value is -0.340. The van der Waals surface area contributed by atoms with Crippen molar-refractivity contribution >= 4 is 0 Å². The van der Waals surface area contributed by atoms with Crippen LogP contribution in [0.5, 0.6) is 0 Å². The van der Waals surface area contributed by atoms with Gasteiger partial charge in [-0.15, -0.1) is 0 Å². The first-order valence-corrected chi connectivity index (χ1v) is 6.78. The van der Waals surface area contributed by atoms with Crippen molar-refractivity contribution < 1.29 is 0 Å². The van der Waals surface area contributed by atoms with Crippen molar-refractivity contribution in [3.63, 3.8) is 0 Å². The van der Waals surface area contributed by atoms with Crippen molar-refractivity contribution in [2.45, 2.75) is 54.0 Å². The Kier molecular flexibility index (Phi) is 4.43. The Morgan fingerprint density at radius 2 is 1.82 bits per heavy atom. The van der Waals surface area contributed by atoms with Crippen LogP contribution in [-0.2, 0) is 0 Å². The summed E-state index contributed by atoms with van der Waals surface area (Å²) < 4.78 is 0. The van der Waals surface area contributed by atoms with Crippen LogP contribution >= 0.6 is 0 Å². The average molecular weight is 238 g/mol. The van der Waals surface area contributed by atoms with E-state index in [1.54, 1.807) is 5.57 Å². The maximum absolute atomic E-state index is 6.24. The molecule has 1 heterocycles. The van der Waals surface area contributed by atoms with Crippen LogP contribution in [0, 0.1) is 10.8 Å². The zero-order valence-corrected chi connectivity index (χ0v) is 12.5. The van der Waals surface area contributed by atoms with Gasteiger partial charge < -0.3 is 5.73 Å². The highest BCUT2D eigenvalue weighted by molar-refractivity contribution is 5.14. The van der Waals surface area contributed by atoms with Gasteiger partial charge in [-0.05, 0) is 17.3 Å². The van der Waals surface area contributed by atoms with Crippen LogP contribution in [0.1, 0.15) is 48.0 Å². The first-order chi connectivity index (χ1) is 7.60. The van der Waals surface area contributed by atoms with E-state index in [-0.39, 0.29) is 11.5 Å². The third-order valence-corrected chi connectivity index (χ3v) is 3.82. The van der Waals surface area contributed by atoms with Gasteiger partial charge in [0.15, 0.2) is 0 Å². The Morgan fingerprint density at radius 1 is 1.24 bits per heavy atom. The van der Waals surface area contributed by atoms with Gasteiger partial charge in [0.2, 0.25) is 0 Å². The summed E-state index contributed by atoms with van der Waals surface area (Å²) in [6.07, 6.45) is 3.60. The molecule has 1 unspecified atom stereocenters. The summed E-state index contributed by atoms with van der Waals surface area (Å²) in [4.78, 5) is 2.48. The van der Waals surface area contributed by atoms with Crippen LogP contribution in [-0.4, -0.2) is 30.6 Å². The van der Waals surface area contributed by atoms with Crippen LogP contribution in [0.4, 0.5) is 0 Å². The minimum absolute atomic E-state index is 0.202. The van der Waals surface area contributed by atoms with E-state index in [2.05, 4.69) is 52.5 Å². The molecule has 0 saturated heterocycles. The van der Waals surface area contributed by atoms with E-state index < -0.39 is 0 Å². The van der Waals surface area contributed by atoms with Gasteiger partial charge in [-0.1, -0.05) is 53.2 Å². The molecule has 0 spiro atoms.